The van der Waals surface area contributed by atoms with Crippen molar-refractivity contribution in [2.75, 3.05) is 31.6 Å². The Bertz CT molecular complexity index is 893. The third-order valence-corrected chi connectivity index (χ3v) is 5.71. The van der Waals surface area contributed by atoms with E-state index in [2.05, 4.69) is 19.2 Å². The molecule has 6 heteroatoms. The van der Waals surface area contributed by atoms with Gasteiger partial charge in [-0.05, 0) is 42.5 Å². The number of carbonyl (C=O) groups is 2. The second kappa shape index (κ2) is 11.0. The van der Waals surface area contributed by atoms with E-state index in [1.807, 2.05) is 37.3 Å². The summed E-state index contributed by atoms with van der Waals surface area (Å²) in [6, 6.07) is 15.0. The number of morpholine rings is 1. The number of nitrogens with zero attached hydrogens (tertiary/aromatic N) is 1. The predicted molar refractivity (Wildman–Crippen MR) is 122 cm³/mol. The van der Waals surface area contributed by atoms with Crippen molar-refractivity contribution >= 4 is 17.5 Å². The van der Waals surface area contributed by atoms with E-state index < -0.39 is 6.10 Å². The molecule has 1 fully saturated rings. The maximum Gasteiger partial charge on any atom is 0.265 e. The van der Waals surface area contributed by atoms with Crippen molar-refractivity contribution in [3.63, 3.8) is 0 Å². The van der Waals surface area contributed by atoms with Gasteiger partial charge >= 0.3 is 0 Å². The van der Waals surface area contributed by atoms with Crippen molar-refractivity contribution in [2.24, 2.45) is 0 Å². The van der Waals surface area contributed by atoms with Crippen LogP contribution in [0.25, 0.3) is 0 Å². The van der Waals surface area contributed by atoms with Crippen LogP contribution >= 0.6 is 0 Å². The van der Waals surface area contributed by atoms with Gasteiger partial charge in [0.25, 0.3) is 11.8 Å². The number of nitrogens with one attached hydrogen (secondary N) is 1. The Morgan fingerprint density at radius 3 is 2.42 bits per heavy atom. The summed E-state index contributed by atoms with van der Waals surface area (Å²) in [5, 5.41) is 2.92. The number of para-hydroxylation sites is 2. The summed E-state index contributed by atoms with van der Waals surface area (Å²) in [6.07, 6.45) is 0.845. The summed E-state index contributed by atoms with van der Waals surface area (Å²) in [7, 11) is 0. The molecule has 0 bridgehead atoms. The highest BCUT2D eigenvalue weighted by molar-refractivity contribution is 6.04. The van der Waals surface area contributed by atoms with E-state index in [9.17, 15) is 9.59 Å². The molecule has 31 heavy (non-hydrogen) atoms. The fourth-order valence-corrected chi connectivity index (χ4v) is 3.62. The lowest BCUT2D eigenvalue weighted by Crippen LogP contribution is -2.41. The number of ether oxygens (including phenoxy) is 2. The topological polar surface area (TPSA) is 67.9 Å². The summed E-state index contributed by atoms with van der Waals surface area (Å²) in [5.74, 6) is 0.708. The standard InChI is InChI=1S/C25H32N2O4/c1-4-18(3)19-10-7-9-13-23(19)31-22(5-2)24(28)26-21-12-8-6-11-20(21)25(29)27-14-16-30-17-15-27/h6-13,18,22H,4-5,14-17H2,1-3H3,(H,26,28). The van der Waals surface area contributed by atoms with Crippen LogP contribution in [0.1, 0.15) is 55.5 Å². The first-order valence-corrected chi connectivity index (χ1v) is 11.1. The second-order valence-electron chi connectivity index (χ2n) is 7.80. The molecule has 166 valence electrons. The van der Waals surface area contributed by atoms with Crippen molar-refractivity contribution in [1.82, 2.24) is 4.90 Å². The second-order valence-corrected chi connectivity index (χ2v) is 7.80. The van der Waals surface area contributed by atoms with Crippen LogP contribution in [0.5, 0.6) is 5.75 Å². The van der Waals surface area contributed by atoms with Crippen LogP contribution in [-0.2, 0) is 9.53 Å². The summed E-state index contributed by atoms with van der Waals surface area (Å²) in [5.41, 5.74) is 2.08. The Hall–Kier alpha value is -2.86. The number of carbonyl (C=O) groups excluding carboxylic acids is 2. The Morgan fingerprint density at radius 2 is 1.71 bits per heavy atom. The molecule has 2 atom stereocenters. The molecule has 1 aliphatic heterocycles. The Labute approximate surface area is 184 Å². The molecule has 1 heterocycles. The van der Waals surface area contributed by atoms with Crippen molar-refractivity contribution < 1.29 is 19.1 Å². The van der Waals surface area contributed by atoms with Crippen LogP contribution in [0.15, 0.2) is 48.5 Å². The number of hydrogen-bond donors (Lipinski definition) is 1. The number of anilines is 1. The lowest BCUT2D eigenvalue weighted by Gasteiger charge is -2.28. The molecule has 0 saturated carbocycles. The van der Waals surface area contributed by atoms with E-state index in [1.165, 1.54) is 0 Å². The van der Waals surface area contributed by atoms with Gasteiger partial charge in [-0.25, -0.2) is 0 Å². The number of amides is 2. The molecule has 0 radical (unpaired) electrons. The molecular weight excluding hydrogens is 392 g/mol. The Balaban J connectivity index is 1.76. The molecule has 2 unspecified atom stereocenters. The highest BCUT2D eigenvalue weighted by atomic mass is 16.5. The normalized spacial score (nSPS) is 15.8. The molecule has 2 amide bonds. The molecule has 0 aromatic heterocycles. The molecule has 3 rings (SSSR count). The van der Waals surface area contributed by atoms with Crippen LogP contribution in [0.3, 0.4) is 0 Å². The van der Waals surface area contributed by atoms with Crippen LogP contribution < -0.4 is 10.1 Å². The summed E-state index contributed by atoms with van der Waals surface area (Å²) in [4.78, 5) is 27.8. The molecule has 0 aliphatic carbocycles. The smallest absolute Gasteiger partial charge is 0.265 e. The number of rotatable bonds is 8. The van der Waals surface area contributed by atoms with Crippen LogP contribution in [-0.4, -0.2) is 49.1 Å². The SMILES string of the molecule is CCC(Oc1ccccc1C(C)CC)C(=O)Nc1ccccc1C(=O)N1CCOCC1. The van der Waals surface area contributed by atoms with Crippen molar-refractivity contribution in [2.45, 2.75) is 45.6 Å². The molecule has 2 aromatic rings. The zero-order valence-electron chi connectivity index (χ0n) is 18.6. The van der Waals surface area contributed by atoms with Gasteiger partial charge in [-0.3, -0.25) is 9.59 Å². The molecule has 0 spiro atoms. The summed E-state index contributed by atoms with van der Waals surface area (Å²) < 4.78 is 11.5. The van der Waals surface area contributed by atoms with Crippen LogP contribution in [0, 0.1) is 0 Å². The molecule has 1 saturated heterocycles. The summed E-state index contributed by atoms with van der Waals surface area (Å²) in [6.45, 7) is 8.36. The highest BCUT2D eigenvalue weighted by Gasteiger charge is 2.25. The van der Waals surface area contributed by atoms with Crippen LogP contribution in [0.4, 0.5) is 5.69 Å². The maximum atomic E-state index is 13.1. The first-order valence-electron chi connectivity index (χ1n) is 11.1. The lowest BCUT2D eigenvalue weighted by atomic mass is 9.98. The van der Waals surface area contributed by atoms with E-state index >= 15 is 0 Å². The van der Waals surface area contributed by atoms with Crippen molar-refractivity contribution in [3.05, 3.63) is 59.7 Å². The predicted octanol–water partition coefficient (Wildman–Crippen LogP) is 4.47. The molecular formula is C25H32N2O4. The van der Waals surface area contributed by atoms with E-state index in [0.717, 1.165) is 17.7 Å². The monoisotopic (exact) mass is 424 g/mol. The van der Waals surface area contributed by atoms with Crippen molar-refractivity contribution in [1.29, 1.82) is 0 Å². The summed E-state index contributed by atoms with van der Waals surface area (Å²) >= 11 is 0. The van der Waals surface area contributed by atoms with Gasteiger partial charge in [0.05, 0.1) is 24.5 Å². The largest absolute Gasteiger partial charge is 0.480 e. The average Bonchev–Trinajstić information content (AvgIpc) is 2.82. The molecule has 2 aromatic carbocycles. The van der Waals surface area contributed by atoms with Gasteiger partial charge in [0.15, 0.2) is 6.10 Å². The number of benzene rings is 2. The first-order chi connectivity index (χ1) is 15.0. The van der Waals surface area contributed by atoms with Gasteiger partial charge in [-0.2, -0.15) is 0 Å². The minimum absolute atomic E-state index is 0.102. The van der Waals surface area contributed by atoms with E-state index in [-0.39, 0.29) is 11.8 Å². The zero-order valence-corrected chi connectivity index (χ0v) is 18.6. The van der Waals surface area contributed by atoms with Crippen molar-refractivity contribution in [3.8, 4) is 5.75 Å². The average molecular weight is 425 g/mol. The third-order valence-electron chi connectivity index (χ3n) is 5.71. The third kappa shape index (κ3) is 5.64. The minimum atomic E-state index is -0.656. The molecule has 6 nitrogen and oxygen atoms in total. The number of hydrogen-bond acceptors (Lipinski definition) is 4. The van der Waals surface area contributed by atoms with E-state index in [0.29, 0.717) is 49.9 Å². The van der Waals surface area contributed by atoms with Gasteiger partial charge in [0.2, 0.25) is 0 Å². The van der Waals surface area contributed by atoms with Gasteiger partial charge in [-0.1, -0.05) is 51.1 Å². The first kappa shape index (κ1) is 22.8. The van der Waals surface area contributed by atoms with Gasteiger partial charge in [0, 0.05) is 13.1 Å². The maximum absolute atomic E-state index is 13.1. The minimum Gasteiger partial charge on any atom is -0.480 e. The van der Waals surface area contributed by atoms with E-state index in [4.69, 9.17) is 9.47 Å². The van der Waals surface area contributed by atoms with Crippen LogP contribution in [0.2, 0.25) is 0 Å². The zero-order chi connectivity index (χ0) is 22.2. The van der Waals surface area contributed by atoms with E-state index in [1.54, 1.807) is 23.1 Å². The fourth-order valence-electron chi connectivity index (χ4n) is 3.62. The quantitative estimate of drug-likeness (QED) is 0.679. The Kier molecular flexibility index (Phi) is 8.06. The van der Waals surface area contributed by atoms with Gasteiger partial charge < -0.3 is 19.7 Å². The highest BCUT2D eigenvalue weighted by Crippen LogP contribution is 2.30. The Morgan fingerprint density at radius 1 is 1.03 bits per heavy atom. The lowest BCUT2D eigenvalue weighted by molar-refractivity contribution is -0.122. The molecule has 1 aliphatic rings. The van der Waals surface area contributed by atoms with Gasteiger partial charge in [0.1, 0.15) is 5.75 Å². The fraction of sp³-hybridized carbons (Fsp3) is 0.440. The van der Waals surface area contributed by atoms with Gasteiger partial charge in [-0.15, -0.1) is 0 Å². The molecule has 1 N–H and O–H groups in total.